The summed E-state index contributed by atoms with van der Waals surface area (Å²) < 4.78 is 37.5. The molecule has 1 aromatic carbocycles. The van der Waals surface area contributed by atoms with E-state index in [0.29, 0.717) is 17.3 Å². The van der Waals surface area contributed by atoms with Crippen LogP contribution in [0.1, 0.15) is 22.1 Å². The van der Waals surface area contributed by atoms with Gasteiger partial charge in [0, 0.05) is 10.7 Å². The summed E-state index contributed by atoms with van der Waals surface area (Å²) in [7, 11) is -3.91. The fourth-order valence-corrected chi connectivity index (χ4v) is 4.38. The number of aryl methyl sites for hydroxylation is 1. The topological polar surface area (TPSA) is 93.6 Å². The number of carbonyl (C=O) groups excluding carboxylic acids is 1. The lowest BCUT2D eigenvalue weighted by molar-refractivity contribution is 0.0950. The summed E-state index contributed by atoms with van der Waals surface area (Å²) in [5, 5.41) is -0.312. The van der Waals surface area contributed by atoms with Crippen molar-refractivity contribution in [3.05, 3.63) is 94.7 Å². The Balaban J connectivity index is 1.66. The molecule has 0 saturated carbocycles. The van der Waals surface area contributed by atoms with Gasteiger partial charge in [-0.3, -0.25) is 9.69 Å². The van der Waals surface area contributed by atoms with Crippen LogP contribution in [0.3, 0.4) is 0 Å². The van der Waals surface area contributed by atoms with Gasteiger partial charge in [0.25, 0.3) is 5.91 Å². The van der Waals surface area contributed by atoms with Crippen molar-refractivity contribution in [2.75, 3.05) is 4.90 Å². The number of halogens is 1. The number of hydrogen-bond donors (Lipinski definition) is 0. The van der Waals surface area contributed by atoms with Crippen molar-refractivity contribution in [3.63, 3.8) is 0 Å². The fourth-order valence-electron chi connectivity index (χ4n) is 2.94. The van der Waals surface area contributed by atoms with Gasteiger partial charge in [-0.05, 0) is 67.6 Å². The largest absolute Gasteiger partial charge is 0.464 e. The van der Waals surface area contributed by atoms with E-state index >= 15 is 0 Å². The molecule has 4 aromatic rings. The van der Waals surface area contributed by atoms with Gasteiger partial charge in [0.05, 0.1) is 11.4 Å². The normalized spacial score (nSPS) is 11.4. The molecule has 0 aliphatic rings. The molecule has 3 heterocycles. The Morgan fingerprint density at radius 3 is 2.42 bits per heavy atom. The molecule has 0 aliphatic heterocycles. The van der Waals surface area contributed by atoms with E-state index in [-0.39, 0.29) is 22.3 Å². The third-order valence-corrected chi connectivity index (χ3v) is 6.63. The molecule has 0 fully saturated rings. The van der Waals surface area contributed by atoms with Crippen LogP contribution in [0.25, 0.3) is 0 Å². The highest BCUT2D eigenvalue weighted by molar-refractivity contribution is 9.10. The van der Waals surface area contributed by atoms with Crippen LogP contribution in [-0.2, 0) is 16.4 Å². The van der Waals surface area contributed by atoms with Gasteiger partial charge in [0.1, 0.15) is 17.3 Å². The van der Waals surface area contributed by atoms with Gasteiger partial charge in [0.15, 0.2) is 5.76 Å². The summed E-state index contributed by atoms with van der Waals surface area (Å²) >= 11 is 3.28. The quantitative estimate of drug-likeness (QED) is 0.369. The van der Waals surface area contributed by atoms with Gasteiger partial charge < -0.3 is 8.83 Å². The third-order valence-electron chi connectivity index (χ3n) is 4.46. The number of amides is 1. The standard InChI is InChI=1S/C22H17BrN2O5S/c1-15-5-8-17(29-15)14-25(20-4-2-3-13-24-20)22(26)19-11-12-21(30-19)31(27,28)18-9-6-16(23)7-10-18/h2-13H,14H2,1H3. The number of benzene rings is 1. The average molecular weight is 501 g/mol. The van der Waals surface area contributed by atoms with Crippen molar-refractivity contribution in [2.24, 2.45) is 0 Å². The van der Waals surface area contributed by atoms with Gasteiger partial charge in [-0.2, -0.15) is 0 Å². The van der Waals surface area contributed by atoms with Gasteiger partial charge in [-0.15, -0.1) is 0 Å². The van der Waals surface area contributed by atoms with E-state index in [1.165, 1.54) is 29.2 Å². The Bertz CT molecular complexity index is 1310. The third kappa shape index (κ3) is 4.47. The molecule has 0 atom stereocenters. The van der Waals surface area contributed by atoms with Crippen molar-refractivity contribution >= 4 is 37.5 Å². The van der Waals surface area contributed by atoms with Crippen molar-refractivity contribution in [2.45, 2.75) is 23.5 Å². The molecule has 9 heteroatoms. The second-order valence-electron chi connectivity index (χ2n) is 6.67. The minimum absolute atomic E-state index is 0.0664. The fraction of sp³-hybridized carbons (Fsp3) is 0.0909. The van der Waals surface area contributed by atoms with Crippen LogP contribution in [0, 0.1) is 6.92 Å². The molecule has 1 amide bonds. The lowest BCUT2D eigenvalue weighted by Crippen LogP contribution is -2.30. The molecule has 3 aromatic heterocycles. The van der Waals surface area contributed by atoms with E-state index in [0.717, 1.165) is 4.47 Å². The Kier molecular flexibility index (Phi) is 5.79. The van der Waals surface area contributed by atoms with Gasteiger partial charge in [0.2, 0.25) is 14.9 Å². The molecule has 0 unspecified atom stereocenters. The summed E-state index contributed by atoms with van der Waals surface area (Å²) in [5.74, 6) is 1.000. The minimum atomic E-state index is -3.91. The number of pyridine rings is 1. The van der Waals surface area contributed by atoms with Crippen LogP contribution < -0.4 is 4.90 Å². The Hall–Kier alpha value is -3.17. The molecule has 0 saturated heterocycles. The highest BCUT2D eigenvalue weighted by atomic mass is 79.9. The first-order valence-electron chi connectivity index (χ1n) is 9.23. The van der Waals surface area contributed by atoms with Crippen LogP contribution in [0.2, 0.25) is 0 Å². The van der Waals surface area contributed by atoms with E-state index in [2.05, 4.69) is 20.9 Å². The monoisotopic (exact) mass is 500 g/mol. The number of hydrogen-bond acceptors (Lipinski definition) is 6. The van der Waals surface area contributed by atoms with Crippen molar-refractivity contribution in [1.29, 1.82) is 0 Å². The number of nitrogens with zero attached hydrogens (tertiary/aromatic N) is 2. The summed E-state index contributed by atoms with van der Waals surface area (Å²) in [6.07, 6.45) is 1.56. The first-order valence-corrected chi connectivity index (χ1v) is 11.5. The molecule has 0 bridgehead atoms. The van der Waals surface area contributed by atoms with Crippen LogP contribution >= 0.6 is 15.9 Å². The molecule has 158 valence electrons. The molecule has 0 spiro atoms. The van der Waals surface area contributed by atoms with Crippen molar-refractivity contribution < 1.29 is 22.0 Å². The predicted molar refractivity (Wildman–Crippen MR) is 116 cm³/mol. The maximum atomic E-state index is 13.2. The Morgan fingerprint density at radius 1 is 1.00 bits per heavy atom. The first-order chi connectivity index (χ1) is 14.8. The molecular formula is C22H17BrN2O5S. The zero-order valence-corrected chi connectivity index (χ0v) is 18.8. The van der Waals surface area contributed by atoms with E-state index in [9.17, 15) is 13.2 Å². The molecule has 0 radical (unpaired) electrons. The summed E-state index contributed by atoms with van der Waals surface area (Å²) in [4.78, 5) is 18.9. The van der Waals surface area contributed by atoms with Crippen molar-refractivity contribution in [1.82, 2.24) is 4.98 Å². The van der Waals surface area contributed by atoms with E-state index in [4.69, 9.17) is 8.83 Å². The summed E-state index contributed by atoms with van der Waals surface area (Å²) in [5.41, 5.74) is 0. The van der Waals surface area contributed by atoms with Gasteiger partial charge in [-0.25, -0.2) is 13.4 Å². The lowest BCUT2D eigenvalue weighted by atomic mass is 10.3. The van der Waals surface area contributed by atoms with E-state index in [1.54, 1.807) is 48.7 Å². The second kappa shape index (κ2) is 8.52. The van der Waals surface area contributed by atoms with E-state index < -0.39 is 15.7 Å². The number of sulfone groups is 1. The summed E-state index contributed by atoms with van der Waals surface area (Å²) in [6.45, 7) is 1.92. The predicted octanol–water partition coefficient (Wildman–Crippen LogP) is 5.02. The minimum Gasteiger partial charge on any atom is -0.464 e. The number of rotatable bonds is 6. The SMILES string of the molecule is Cc1ccc(CN(C(=O)c2ccc(S(=O)(=O)c3ccc(Br)cc3)o2)c2ccccn2)o1. The molecule has 0 aliphatic carbocycles. The number of furan rings is 2. The number of anilines is 1. The molecular weight excluding hydrogens is 484 g/mol. The molecule has 0 N–H and O–H groups in total. The van der Waals surface area contributed by atoms with Crippen LogP contribution in [0.15, 0.2) is 96.2 Å². The lowest BCUT2D eigenvalue weighted by Gasteiger charge is -2.19. The van der Waals surface area contributed by atoms with Crippen molar-refractivity contribution in [3.8, 4) is 0 Å². The zero-order chi connectivity index (χ0) is 22.0. The first kappa shape index (κ1) is 21.1. The number of carbonyl (C=O) groups is 1. The molecule has 7 nitrogen and oxygen atoms in total. The second-order valence-corrected chi connectivity index (χ2v) is 9.46. The molecule has 31 heavy (non-hydrogen) atoms. The van der Waals surface area contributed by atoms with Crippen LogP contribution in [0.4, 0.5) is 5.82 Å². The van der Waals surface area contributed by atoms with Gasteiger partial charge in [-0.1, -0.05) is 22.0 Å². The van der Waals surface area contributed by atoms with Crippen LogP contribution in [-0.4, -0.2) is 19.3 Å². The Morgan fingerprint density at radius 2 is 1.77 bits per heavy atom. The van der Waals surface area contributed by atoms with E-state index in [1.807, 2.05) is 6.92 Å². The highest BCUT2D eigenvalue weighted by Crippen LogP contribution is 2.26. The highest BCUT2D eigenvalue weighted by Gasteiger charge is 2.27. The maximum Gasteiger partial charge on any atom is 0.295 e. The molecule has 4 rings (SSSR count). The summed E-state index contributed by atoms with van der Waals surface area (Å²) in [6, 6.07) is 17.5. The Labute approximate surface area is 187 Å². The average Bonchev–Trinajstić information content (AvgIpc) is 3.42. The number of aromatic nitrogens is 1. The smallest absolute Gasteiger partial charge is 0.295 e. The van der Waals surface area contributed by atoms with Crippen LogP contribution in [0.5, 0.6) is 0 Å². The van der Waals surface area contributed by atoms with Gasteiger partial charge >= 0.3 is 0 Å². The zero-order valence-electron chi connectivity index (χ0n) is 16.4. The maximum absolute atomic E-state index is 13.2.